The summed E-state index contributed by atoms with van der Waals surface area (Å²) in [6.45, 7) is 4.71. The fraction of sp³-hybridized carbons (Fsp3) is 0.545. The minimum Gasteiger partial charge on any atom is -0.335 e. The van der Waals surface area contributed by atoms with Crippen molar-refractivity contribution in [1.82, 2.24) is 19.1 Å². The van der Waals surface area contributed by atoms with Crippen LogP contribution >= 0.6 is 0 Å². The van der Waals surface area contributed by atoms with Gasteiger partial charge in [0.15, 0.2) is 5.65 Å². The van der Waals surface area contributed by atoms with E-state index in [1.165, 1.54) is 11.6 Å². The van der Waals surface area contributed by atoms with Gasteiger partial charge >= 0.3 is 5.69 Å². The Hall–Kier alpha value is -1.89. The molecule has 98 valence electrons. The lowest BCUT2D eigenvalue weighted by Crippen LogP contribution is -2.38. The molecule has 0 bridgehead atoms. The summed E-state index contributed by atoms with van der Waals surface area (Å²) in [5.41, 5.74) is 5.50. The third-order valence-corrected chi connectivity index (χ3v) is 2.77. The van der Waals surface area contributed by atoms with Crippen LogP contribution in [0.2, 0.25) is 0 Å². The molecule has 0 unspecified atom stereocenters. The van der Waals surface area contributed by atoms with E-state index in [-0.39, 0.29) is 23.7 Å². The first-order valence-corrected chi connectivity index (χ1v) is 5.84. The number of imidazole rings is 1. The second-order valence-corrected chi connectivity index (χ2v) is 4.74. The van der Waals surface area contributed by atoms with Gasteiger partial charge < -0.3 is 10.7 Å². The standard InChI is InChI=1S/C11H17N5O2/c1-6(2)5-16-9-8(13-7(4-12)14-9)10(17)15(3)11(16)18/h6H,4-5,12H2,1-3H3,(H,13,14). The van der Waals surface area contributed by atoms with Crippen molar-refractivity contribution in [3.63, 3.8) is 0 Å². The number of aromatic amines is 1. The van der Waals surface area contributed by atoms with E-state index in [0.29, 0.717) is 23.5 Å². The quantitative estimate of drug-likeness (QED) is 0.771. The van der Waals surface area contributed by atoms with Crippen molar-refractivity contribution < 1.29 is 0 Å². The molecule has 0 aliphatic rings. The molecule has 0 aliphatic heterocycles. The molecular weight excluding hydrogens is 234 g/mol. The van der Waals surface area contributed by atoms with Crippen LogP contribution < -0.4 is 17.0 Å². The first-order chi connectivity index (χ1) is 8.45. The van der Waals surface area contributed by atoms with E-state index in [4.69, 9.17) is 5.73 Å². The van der Waals surface area contributed by atoms with Crippen LogP contribution in [-0.2, 0) is 20.1 Å². The third-order valence-electron chi connectivity index (χ3n) is 2.77. The molecule has 7 heteroatoms. The van der Waals surface area contributed by atoms with Gasteiger partial charge in [-0.3, -0.25) is 13.9 Å². The Morgan fingerprint density at radius 1 is 1.39 bits per heavy atom. The summed E-state index contributed by atoms with van der Waals surface area (Å²) in [7, 11) is 1.46. The SMILES string of the molecule is CC(C)Cn1c(=O)n(C)c(=O)c2[nH]c(CN)nc21. The highest BCUT2D eigenvalue weighted by Gasteiger charge is 2.15. The number of rotatable bonds is 3. The van der Waals surface area contributed by atoms with Crippen LogP contribution in [0.3, 0.4) is 0 Å². The van der Waals surface area contributed by atoms with Crippen molar-refractivity contribution in [3.05, 3.63) is 26.7 Å². The molecule has 2 aromatic rings. The second kappa shape index (κ2) is 4.41. The van der Waals surface area contributed by atoms with E-state index in [1.807, 2.05) is 13.8 Å². The summed E-state index contributed by atoms with van der Waals surface area (Å²) in [6, 6.07) is 0. The second-order valence-electron chi connectivity index (χ2n) is 4.74. The Morgan fingerprint density at radius 3 is 2.61 bits per heavy atom. The summed E-state index contributed by atoms with van der Waals surface area (Å²) in [5, 5.41) is 0. The van der Waals surface area contributed by atoms with E-state index in [1.54, 1.807) is 0 Å². The Kier molecular flexibility index (Phi) is 3.08. The van der Waals surface area contributed by atoms with Gasteiger partial charge in [-0.15, -0.1) is 0 Å². The molecule has 0 saturated heterocycles. The highest BCUT2D eigenvalue weighted by molar-refractivity contribution is 5.69. The zero-order valence-electron chi connectivity index (χ0n) is 10.7. The highest BCUT2D eigenvalue weighted by Crippen LogP contribution is 2.07. The van der Waals surface area contributed by atoms with Crippen molar-refractivity contribution in [2.45, 2.75) is 26.9 Å². The van der Waals surface area contributed by atoms with Gasteiger partial charge in [-0.05, 0) is 5.92 Å². The van der Waals surface area contributed by atoms with Gasteiger partial charge in [-0.2, -0.15) is 0 Å². The Labute approximate surface area is 103 Å². The summed E-state index contributed by atoms with van der Waals surface area (Å²) < 4.78 is 2.60. The van der Waals surface area contributed by atoms with Crippen LogP contribution in [-0.4, -0.2) is 19.1 Å². The normalized spacial score (nSPS) is 11.6. The number of nitrogens with one attached hydrogen (secondary N) is 1. The first-order valence-electron chi connectivity index (χ1n) is 5.84. The average molecular weight is 251 g/mol. The number of nitrogens with two attached hydrogens (primary N) is 1. The Bertz CT molecular complexity index is 692. The van der Waals surface area contributed by atoms with Crippen molar-refractivity contribution in [1.29, 1.82) is 0 Å². The summed E-state index contributed by atoms with van der Waals surface area (Å²) in [6.07, 6.45) is 0. The number of hydrogen-bond donors (Lipinski definition) is 2. The maximum atomic E-state index is 12.1. The molecule has 2 rings (SSSR count). The minimum atomic E-state index is -0.373. The van der Waals surface area contributed by atoms with E-state index in [9.17, 15) is 9.59 Å². The van der Waals surface area contributed by atoms with Crippen LogP contribution in [0.25, 0.3) is 11.2 Å². The zero-order valence-corrected chi connectivity index (χ0v) is 10.7. The zero-order chi connectivity index (χ0) is 13.4. The molecule has 0 saturated carbocycles. The fourth-order valence-electron chi connectivity index (χ4n) is 1.91. The molecule has 3 N–H and O–H groups in total. The number of nitrogens with zero attached hydrogens (tertiary/aromatic N) is 3. The van der Waals surface area contributed by atoms with E-state index >= 15 is 0 Å². The predicted octanol–water partition coefficient (Wildman–Crippen LogP) is -0.462. The monoisotopic (exact) mass is 251 g/mol. The molecule has 0 spiro atoms. The molecule has 0 aliphatic carbocycles. The molecule has 0 radical (unpaired) electrons. The average Bonchev–Trinajstić information content (AvgIpc) is 2.75. The van der Waals surface area contributed by atoms with Crippen LogP contribution in [0.5, 0.6) is 0 Å². The summed E-state index contributed by atoms with van der Waals surface area (Å²) in [4.78, 5) is 31.1. The number of H-pyrrole nitrogens is 1. The molecule has 0 atom stereocenters. The van der Waals surface area contributed by atoms with Crippen LogP contribution in [0.1, 0.15) is 19.7 Å². The summed E-state index contributed by atoms with van der Waals surface area (Å²) >= 11 is 0. The van der Waals surface area contributed by atoms with E-state index in [0.717, 1.165) is 4.57 Å². The maximum absolute atomic E-state index is 12.1. The van der Waals surface area contributed by atoms with Gasteiger partial charge in [-0.25, -0.2) is 9.78 Å². The fourth-order valence-corrected chi connectivity index (χ4v) is 1.91. The Morgan fingerprint density at radius 2 is 2.06 bits per heavy atom. The van der Waals surface area contributed by atoms with Crippen molar-refractivity contribution in [3.8, 4) is 0 Å². The number of fused-ring (bicyclic) bond motifs is 1. The largest absolute Gasteiger partial charge is 0.335 e. The minimum absolute atomic E-state index is 0.202. The van der Waals surface area contributed by atoms with E-state index < -0.39 is 0 Å². The lowest BCUT2D eigenvalue weighted by atomic mass is 10.2. The number of aromatic nitrogens is 4. The molecule has 0 amide bonds. The van der Waals surface area contributed by atoms with Gasteiger partial charge in [0.05, 0.1) is 6.54 Å². The number of hydrogen-bond acceptors (Lipinski definition) is 4. The van der Waals surface area contributed by atoms with Gasteiger partial charge in [0.25, 0.3) is 5.56 Å². The highest BCUT2D eigenvalue weighted by atomic mass is 16.2. The van der Waals surface area contributed by atoms with Gasteiger partial charge in [-0.1, -0.05) is 13.8 Å². The molecular formula is C11H17N5O2. The Balaban J connectivity index is 2.86. The van der Waals surface area contributed by atoms with Crippen LogP contribution in [0.4, 0.5) is 0 Å². The van der Waals surface area contributed by atoms with Crippen molar-refractivity contribution in [2.75, 3.05) is 0 Å². The van der Waals surface area contributed by atoms with Gasteiger partial charge in [0.1, 0.15) is 11.3 Å². The van der Waals surface area contributed by atoms with Gasteiger partial charge in [0.2, 0.25) is 0 Å². The molecule has 0 aromatic carbocycles. The molecule has 2 heterocycles. The molecule has 2 aromatic heterocycles. The molecule has 18 heavy (non-hydrogen) atoms. The molecule has 0 fully saturated rings. The third kappa shape index (κ3) is 1.86. The summed E-state index contributed by atoms with van der Waals surface area (Å²) in [5.74, 6) is 0.784. The van der Waals surface area contributed by atoms with Crippen LogP contribution in [0.15, 0.2) is 9.59 Å². The first kappa shape index (κ1) is 12.6. The lowest BCUT2D eigenvalue weighted by molar-refractivity contribution is 0.500. The van der Waals surface area contributed by atoms with Crippen LogP contribution in [0, 0.1) is 5.92 Å². The topological polar surface area (TPSA) is 98.7 Å². The lowest BCUT2D eigenvalue weighted by Gasteiger charge is -2.10. The van der Waals surface area contributed by atoms with Crippen molar-refractivity contribution in [2.24, 2.45) is 18.7 Å². The predicted molar refractivity (Wildman–Crippen MR) is 68.3 cm³/mol. The van der Waals surface area contributed by atoms with Crippen molar-refractivity contribution >= 4 is 11.2 Å². The van der Waals surface area contributed by atoms with E-state index in [2.05, 4.69) is 9.97 Å². The van der Waals surface area contributed by atoms with Gasteiger partial charge in [0, 0.05) is 13.6 Å². The smallest absolute Gasteiger partial charge is 0.332 e. The maximum Gasteiger partial charge on any atom is 0.332 e. The molecule has 7 nitrogen and oxygen atoms in total.